The minimum absolute atomic E-state index is 0.395. The number of hydrogen-bond donors (Lipinski definition) is 1. The molecular weight excluding hydrogens is 306 g/mol. The summed E-state index contributed by atoms with van der Waals surface area (Å²) in [5.74, 6) is 0.951. The van der Waals surface area contributed by atoms with Gasteiger partial charge in [-0.2, -0.15) is 4.98 Å². The van der Waals surface area contributed by atoms with Crippen LogP contribution in [-0.4, -0.2) is 61.2 Å². The van der Waals surface area contributed by atoms with Crippen molar-refractivity contribution in [1.29, 1.82) is 0 Å². The number of nitrogens with zero attached hydrogens (tertiary/aromatic N) is 4. The highest BCUT2D eigenvalue weighted by molar-refractivity contribution is 5.96. The van der Waals surface area contributed by atoms with Gasteiger partial charge >= 0.3 is 5.97 Å². The fourth-order valence-corrected chi connectivity index (χ4v) is 2.62. The lowest BCUT2D eigenvalue weighted by Gasteiger charge is -2.33. The molecule has 0 atom stereocenters. The quantitative estimate of drug-likeness (QED) is 0.858. The normalized spacial score (nSPS) is 15.2. The second kappa shape index (κ2) is 7.27. The molecular formula is C17H21N5O2. The number of nitrogens with one attached hydrogen (secondary N) is 1. The second-order valence-corrected chi connectivity index (χ2v) is 5.69. The first-order chi connectivity index (χ1) is 11.7. The van der Waals surface area contributed by atoms with Crippen molar-refractivity contribution in [3.8, 4) is 0 Å². The number of likely N-dealkylation sites (N-methyl/N-ethyl adjacent to an activating group) is 1. The molecule has 7 nitrogen and oxygen atoms in total. The maximum absolute atomic E-state index is 11.9. The Morgan fingerprint density at radius 2 is 1.92 bits per heavy atom. The van der Waals surface area contributed by atoms with Crippen LogP contribution in [0.5, 0.6) is 0 Å². The molecule has 1 aliphatic heterocycles. The Morgan fingerprint density at radius 3 is 2.67 bits per heavy atom. The van der Waals surface area contributed by atoms with Crippen molar-refractivity contribution in [2.24, 2.45) is 0 Å². The van der Waals surface area contributed by atoms with Gasteiger partial charge in [0.1, 0.15) is 5.82 Å². The van der Waals surface area contributed by atoms with Crippen LogP contribution >= 0.6 is 0 Å². The third-order valence-corrected chi connectivity index (χ3v) is 4.05. The highest BCUT2D eigenvalue weighted by Crippen LogP contribution is 2.21. The Labute approximate surface area is 141 Å². The number of anilines is 3. The van der Waals surface area contributed by atoms with Crippen molar-refractivity contribution in [2.45, 2.75) is 0 Å². The van der Waals surface area contributed by atoms with E-state index in [4.69, 9.17) is 4.74 Å². The lowest BCUT2D eigenvalue weighted by molar-refractivity contribution is 0.0602. The van der Waals surface area contributed by atoms with Crippen LogP contribution in [0.3, 0.4) is 0 Å². The van der Waals surface area contributed by atoms with Crippen LogP contribution in [0, 0.1) is 0 Å². The van der Waals surface area contributed by atoms with Gasteiger partial charge in [-0.3, -0.25) is 0 Å². The Kier molecular flexibility index (Phi) is 4.90. The number of carbonyl (C=O) groups is 1. The number of ether oxygens (including phenoxy) is 1. The van der Waals surface area contributed by atoms with Gasteiger partial charge in [0, 0.05) is 32.4 Å². The molecule has 24 heavy (non-hydrogen) atoms. The Balaban J connectivity index is 1.79. The van der Waals surface area contributed by atoms with E-state index in [9.17, 15) is 4.79 Å². The van der Waals surface area contributed by atoms with Crippen LogP contribution in [0.4, 0.5) is 17.5 Å². The summed E-state index contributed by atoms with van der Waals surface area (Å²) >= 11 is 0. The second-order valence-electron chi connectivity index (χ2n) is 5.69. The molecule has 1 aliphatic rings. The molecule has 0 unspecified atom stereocenters. The fraction of sp³-hybridized carbons (Fsp3) is 0.353. The third-order valence-electron chi connectivity index (χ3n) is 4.05. The number of hydrogen-bond acceptors (Lipinski definition) is 7. The molecule has 126 valence electrons. The maximum atomic E-state index is 11.9. The van der Waals surface area contributed by atoms with Crippen molar-refractivity contribution in [2.75, 3.05) is 50.6 Å². The van der Waals surface area contributed by atoms with Gasteiger partial charge in [0.25, 0.3) is 0 Å². The van der Waals surface area contributed by atoms with E-state index in [1.807, 2.05) is 12.1 Å². The van der Waals surface area contributed by atoms with E-state index >= 15 is 0 Å². The largest absolute Gasteiger partial charge is 0.465 e. The van der Waals surface area contributed by atoms with Gasteiger partial charge in [0.2, 0.25) is 5.95 Å². The first-order valence-electron chi connectivity index (χ1n) is 7.88. The number of benzene rings is 1. The van der Waals surface area contributed by atoms with Gasteiger partial charge < -0.3 is 19.9 Å². The standard InChI is InChI=1S/C17H21N5O2/c1-21-9-11-22(12-10-21)15-7-8-18-17(20-15)19-14-6-4-3-5-13(14)16(23)24-2/h3-8H,9-12H2,1-2H3,(H,18,19,20). The zero-order valence-corrected chi connectivity index (χ0v) is 13.9. The molecule has 1 saturated heterocycles. The molecule has 0 spiro atoms. The maximum Gasteiger partial charge on any atom is 0.339 e. The van der Waals surface area contributed by atoms with E-state index in [-0.39, 0.29) is 0 Å². The number of para-hydroxylation sites is 1. The SMILES string of the molecule is COC(=O)c1ccccc1Nc1nccc(N2CCN(C)CC2)n1. The number of piperazine rings is 1. The van der Waals surface area contributed by atoms with Crippen molar-refractivity contribution < 1.29 is 9.53 Å². The number of methoxy groups -OCH3 is 1. The summed E-state index contributed by atoms with van der Waals surface area (Å²) in [6.07, 6.45) is 1.73. The summed E-state index contributed by atoms with van der Waals surface area (Å²) in [5.41, 5.74) is 1.08. The molecule has 2 aromatic rings. The molecule has 7 heteroatoms. The van der Waals surface area contributed by atoms with Crippen molar-refractivity contribution >= 4 is 23.4 Å². The smallest absolute Gasteiger partial charge is 0.339 e. The van der Waals surface area contributed by atoms with Crippen LogP contribution in [0.25, 0.3) is 0 Å². The molecule has 0 saturated carbocycles. The Bertz CT molecular complexity index is 714. The van der Waals surface area contributed by atoms with Crippen LogP contribution in [0.15, 0.2) is 36.5 Å². The molecule has 1 aromatic carbocycles. The topological polar surface area (TPSA) is 70.6 Å². The molecule has 2 heterocycles. The van der Waals surface area contributed by atoms with E-state index in [1.54, 1.807) is 24.4 Å². The van der Waals surface area contributed by atoms with E-state index < -0.39 is 5.97 Å². The first-order valence-corrected chi connectivity index (χ1v) is 7.88. The predicted molar refractivity (Wildman–Crippen MR) is 92.8 cm³/mol. The monoisotopic (exact) mass is 327 g/mol. The van der Waals surface area contributed by atoms with Gasteiger partial charge in [0.15, 0.2) is 0 Å². The van der Waals surface area contributed by atoms with E-state index in [1.165, 1.54) is 7.11 Å². The molecule has 1 aromatic heterocycles. The summed E-state index contributed by atoms with van der Waals surface area (Å²) in [5, 5.41) is 3.12. The molecule has 0 amide bonds. The number of rotatable bonds is 4. The predicted octanol–water partition coefficient (Wildman–Crippen LogP) is 1.76. The van der Waals surface area contributed by atoms with Gasteiger partial charge in [-0.1, -0.05) is 12.1 Å². The molecule has 3 rings (SSSR count). The Hall–Kier alpha value is -2.67. The summed E-state index contributed by atoms with van der Waals surface area (Å²) in [6, 6.07) is 9.05. The molecule has 0 radical (unpaired) electrons. The van der Waals surface area contributed by atoms with Crippen molar-refractivity contribution in [3.05, 3.63) is 42.1 Å². The minimum atomic E-state index is -0.395. The lowest BCUT2D eigenvalue weighted by Crippen LogP contribution is -2.44. The minimum Gasteiger partial charge on any atom is -0.465 e. The van der Waals surface area contributed by atoms with E-state index in [0.717, 1.165) is 32.0 Å². The highest BCUT2D eigenvalue weighted by Gasteiger charge is 2.16. The van der Waals surface area contributed by atoms with E-state index in [0.29, 0.717) is 17.2 Å². The van der Waals surface area contributed by atoms with Crippen LogP contribution in [0.2, 0.25) is 0 Å². The van der Waals surface area contributed by atoms with Crippen molar-refractivity contribution in [1.82, 2.24) is 14.9 Å². The average Bonchev–Trinajstić information content (AvgIpc) is 2.62. The molecule has 1 N–H and O–H groups in total. The van der Waals surface area contributed by atoms with Gasteiger partial charge in [0.05, 0.1) is 18.4 Å². The summed E-state index contributed by atoms with van der Waals surface area (Å²) < 4.78 is 4.81. The van der Waals surface area contributed by atoms with Gasteiger partial charge in [-0.05, 0) is 25.2 Å². The number of esters is 1. The molecule has 0 aliphatic carbocycles. The Morgan fingerprint density at radius 1 is 1.17 bits per heavy atom. The van der Waals surface area contributed by atoms with Crippen LogP contribution < -0.4 is 10.2 Å². The summed E-state index contributed by atoms with van der Waals surface area (Å²) in [4.78, 5) is 25.2. The number of carbonyl (C=O) groups excluding carboxylic acids is 1. The van der Waals surface area contributed by atoms with Crippen LogP contribution in [-0.2, 0) is 4.74 Å². The molecule has 0 bridgehead atoms. The fourth-order valence-electron chi connectivity index (χ4n) is 2.62. The zero-order valence-electron chi connectivity index (χ0n) is 13.9. The van der Waals surface area contributed by atoms with Gasteiger partial charge in [-0.15, -0.1) is 0 Å². The summed E-state index contributed by atoms with van der Waals surface area (Å²) in [6.45, 7) is 3.90. The number of aromatic nitrogens is 2. The van der Waals surface area contributed by atoms with Crippen LogP contribution in [0.1, 0.15) is 10.4 Å². The summed E-state index contributed by atoms with van der Waals surface area (Å²) in [7, 11) is 3.48. The van der Waals surface area contributed by atoms with Gasteiger partial charge in [-0.25, -0.2) is 9.78 Å². The van der Waals surface area contributed by atoms with E-state index in [2.05, 4.69) is 32.1 Å². The third kappa shape index (κ3) is 3.62. The first kappa shape index (κ1) is 16.2. The molecule has 1 fully saturated rings. The average molecular weight is 327 g/mol. The zero-order chi connectivity index (χ0) is 16.9. The van der Waals surface area contributed by atoms with Crippen molar-refractivity contribution in [3.63, 3.8) is 0 Å². The lowest BCUT2D eigenvalue weighted by atomic mass is 10.2. The highest BCUT2D eigenvalue weighted by atomic mass is 16.5.